The Morgan fingerprint density at radius 2 is 1.87 bits per heavy atom. The van der Waals surface area contributed by atoms with Crippen molar-refractivity contribution in [1.29, 1.82) is 0 Å². The van der Waals surface area contributed by atoms with Crippen LogP contribution >= 0.6 is 22.7 Å². The van der Waals surface area contributed by atoms with Crippen molar-refractivity contribution in [2.45, 2.75) is 25.3 Å². The number of carbonyl (C=O) groups excluding carboxylic acids is 2. The summed E-state index contributed by atoms with van der Waals surface area (Å²) in [5, 5.41) is 15.2. The summed E-state index contributed by atoms with van der Waals surface area (Å²) in [5.41, 5.74) is 1.77. The fraction of sp³-hybridized carbons (Fsp3) is 0.250. The lowest BCUT2D eigenvalue weighted by Gasteiger charge is -2.28. The van der Waals surface area contributed by atoms with E-state index in [9.17, 15) is 14.4 Å². The van der Waals surface area contributed by atoms with E-state index in [0.29, 0.717) is 10.8 Å². The van der Waals surface area contributed by atoms with E-state index in [2.05, 4.69) is 17.2 Å². The molecule has 1 saturated carbocycles. The zero-order valence-electron chi connectivity index (χ0n) is 20.6. The first-order valence-corrected chi connectivity index (χ1v) is 14.1. The predicted molar refractivity (Wildman–Crippen MR) is 148 cm³/mol. The molecule has 1 fully saturated rings. The van der Waals surface area contributed by atoms with Gasteiger partial charge < -0.3 is 4.74 Å². The Morgan fingerprint density at radius 3 is 2.63 bits per heavy atom. The van der Waals surface area contributed by atoms with Gasteiger partial charge in [-0.1, -0.05) is 30.3 Å². The third kappa shape index (κ3) is 4.39. The van der Waals surface area contributed by atoms with Gasteiger partial charge in [0, 0.05) is 28.1 Å². The van der Waals surface area contributed by atoms with Gasteiger partial charge in [0.15, 0.2) is 12.3 Å². The number of amides is 1. The van der Waals surface area contributed by atoms with Crippen molar-refractivity contribution in [3.05, 3.63) is 90.7 Å². The maximum atomic E-state index is 13.5. The van der Waals surface area contributed by atoms with E-state index < -0.39 is 18.5 Å². The molecule has 1 amide bonds. The molecular weight excluding hydrogens is 520 g/mol. The molecule has 0 spiro atoms. The second-order valence-corrected chi connectivity index (χ2v) is 11.2. The molecule has 10 heteroatoms. The lowest BCUT2D eigenvalue weighted by molar-refractivity contribution is -0.136. The van der Waals surface area contributed by atoms with Crippen LogP contribution in [0.1, 0.15) is 45.5 Å². The number of benzene rings is 1. The molecule has 2 atom stereocenters. The first kappa shape index (κ1) is 24.4. The van der Waals surface area contributed by atoms with E-state index in [0.717, 1.165) is 45.0 Å². The number of aryl methyl sites for hydroxylation is 1. The van der Waals surface area contributed by atoms with Gasteiger partial charge >= 0.3 is 5.97 Å². The standard InChI is InChI=1S/C28H24N4O4S2/c1-31-27(34)20-10-3-2-9-19(20)25(29-31)28(35)36-16-23(33)32-26(22-12-6-14-38-22)21-11-4-7-17(24(21)30-32)15-18-8-5-13-37-18/h2-3,5-6,8-10,12-15,21,26H,4,7,11,16H2,1H3/b17-15-/t21-,26+/m0/s1. The summed E-state index contributed by atoms with van der Waals surface area (Å²) < 4.78 is 6.55. The molecule has 1 aromatic carbocycles. The smallest absolute Gasteiger partial charge is 0.359 e. The van der Waals surface area contributed by atoms with Crippen LogP contribution in [0.3, 0.4) is 0 Å². The number of carbonyl (C=O) groups is 2. The van der Waals surface area contributed by atoms with Gasteiger partial charge in [-0.25, -0.2) is 14.5 Å². The molecule has 192 valence electrons. The first-order valence-electron chi connectivity index (χ1n) is 12.3. The molecule has 8 nitrogen and oxygen atoms in total. The van der Waals surface area contributed by atoms with Gasteiger partial charge in [0.25, 0.3) is 11.5 Å². The highest BCUT2D eigenvalue weighted by Crippen LogP contribution is 2.45. The molecule has 3 aromatic heterocycles. The maximum absolute atomic E-state index is 13.5. The van der Waals surface area contributed by atoms with Gasteiger partial charge in [-0.2, -0.15) is 10.2 Å². The van der Waals surface area contributed by atoms with Crippen LogP contribution in [0, 0.1) is 5.92 Å². The number of hydrogen-bond acceptors (Lipinski definition) is 8. The topological polar surface area (TPSA) is 93.9 Å². The quantitative estimate of drug-likeness (QED) is 0.328. The van der Waals surface area contributed by atoms with Crippen LogP contribution in [0.2, 0.25) is 0 Å². The zero-order chi connectivity index (χ0) is 26.2. The summed E-state index contributed by atoms with van der Waals surface area (Å²) in [6, 6.07) is 14.6. The average Bonchev–Trinajstić information content (AvgIpc) is 3.70. The predicted octanol–water partition coefficient (Wildman–Crippen LogP) is 5.04. The van der Waals surface area contributed by atoms with Crippen molar-refractivity contribution in [1.82, 2.24) is 14.8 Å². The van der Waals surface area contributed by atoms with Crippen molar-refractivity contribution in [2.75, 3.05) is 6.61 Å². The highest BCUT2D eigenvalue weighted by Gasteiger charge is 2.44. The van der Waals surface area contributed by atoms with Crippen LogP contribution in [0.15, 0.2) is 74.8 Å². The summed E-state index contributed by atoms with van der Waals surface area (Å²) in [5.74, 6) is -1.08. The summed E-state index contributed by atoms with van der Waals surface area (Å²) in [6.45, 7) is -0.479. The van der Waals surface area contributed by atoms with Crippen LogP contribution < -0.4 is 5.56 Å². The second-order valence-electron chi connectivity index (χ2n) is 9.27. The third-order valence-electron chi connectivity index (χ3n) is 6.93. The summed E-state index contributed by atoms with van der Waals surface area (Å²) in [4.78, 5) is 41.1. The van der Waals surface area contributed by atoms with Crippen LogP contribution in [0.25, 0.3) is 16.8 Å². The van der Waals surface area contributed by atoms with Crippen molar-refractivity contribution in [2.24, 2.45) is 18.1 Å². The molecule has 4 heterocycles. The number of aromatic nitrogens is 2. The monoisotopic (exact) mass is 544 g/mol. The molecule has 38 heavy (non-hydrogen) atoms. The fourth-order valence-electron chi connectivity index (χ4n) is 5.20. The average molecular weight is 545 g/mol. The minimum Gasteiger partial charge on any atom is -0.451 e. The molecule has 0 radical (unpaired) electrons. The zero-order valence-corrected chi connectivity index (χ0v) is 22.2. The van der Waals surface area contributed by atoms with Crippen LogP contribution in [-0.2, 0) is 16.6 Å². The van der Waals surface area contributed by atoms with Crippen molar-refractivity contribution in [3.63, 3.8) is 0 Å². The molecule has 6 rings (SSSR count). The van der Waals surface area contributed by atoms with Crippen LogP contribution in [-0.4, -0.2) is 39.0 Å². The Bertz CT molecular complexity index is 1640. The van der Waals surface area contributed by atoms with E-state index in [-0.39, 0.29) is 23.2 Å². The number of nitrogens with zero attached hydrogens (tertiary/aromatic N) is 4. The van der Waals surface area contributed by atoms with Crippen LogP contribution in [0.4, 0.5) is 0 Å². The minimum atomic E-state index is -0.764. The summed E-state index contributed by atoms with van der Waals surface area (Å²) >= 11 is 3.27. The number of esters is 1. The SMILES string of the molecule is Cn1nc(C(=O)OCC(=O)N2N=C3/C(=C\c4cccs4)CCC[C@@H]3[C@@H]2c2cccs2)c2ccccc2c1=O. The first-order chi connectivity index (χ1) is 18.5. The van der Waals surface area contributed by atoms with Gasteiger partial charge in [-0.15, -0.1) is 22.7 Å². The van der Waals surface area contributed by atoms with Gasteiger partial charge in [-0.05, 0) is 59.9 Å². The lowest BCUT2D eigenvalue weighted by atomic mass is 9.79. The normalized spacial score (nSPS) is 20.0. The lowest BCUT2D eigenvalue weighted by Crippen LogP contribution is -2.34. The number of rotatable bonds is 5. The van der Waals surface area contributed by atoms with E-state index >= 15 is 0 Å². The number of hydrogen-bond donors (Lipinski definition) is 0. The van der Waals surface area contributed by atoms with Crippen LogP contribution in [0.5, 0.6) is 0 Å². The molecule has 4 aromatic rings. The Balaban J connectivity index is 1.28. The number of allylic oxidation sites excluding steroid dienone is 1. The van der Waals surface area contributed by atoms with Crippen molar-refractivity contribution >= 4 is 57.1 Å². The number of thiophene rings is 2. The Hall–Kier alpha value is -3.89. The van der Waals surface area contributed by atoms with Gasteiger partial charge in [0.05, 0.1) is 17.1 Å². The molecule has 1 aliphatic heterocycles. The Labute approximate surface area is 226 Å². The molecule has 0 unspecified atom stereocenters. The second kappa shape index (κ2) is 10.1. The van der Waals surface area contributed by atoms with E-state index in [1.165, 1.54) is 12.1 Å². The number of fused-ring (bicyclic) bond motifs is 2. The molecular formula is C28H24N4O4S2. The maximum Gasteiger partial charge on any atom is 0.359 e. The van der Waals surface area contributed by atoms with Gasteiger partial charge in [0.2, 0.25) is 0 Å². The largest absolute Gasteiger partial charge is 0.451 e. The highest BCUT2D eigenvalue weighted by atomic mass is 32.1. The molecule has 0 saturated heterocycles. The minimum absolute atomic E-state index is 0.00659. The highest BCUT2D eigenvalue weighted by molar-refractivity contribution is 7.11. The van der Waals surface area contributed by atoms with E-state index in [4.69, 9.17) is 9.84 Å². The fourth-order valence-corrected chi connectivity index (χ4v) is 6.76. The number of ether oxygens (including phenoxy) is 1. The summed E-state index contributed by atoms with van der Waals surface area (Å²) in [6.07, 6.45) is 5.03. The van der Waals surface area contributed by atoms with Crippen molar-refractivity contribution in [3.8, 4) is 0 Å². The summed E-state index contributed by atoms with van der Waals surface area (Å²) in [7, 11) is 1.48. The Morgan fingerprint density at radius 1 is 1.08 bits per heavy atom. The third-order valence-corrected chi connectivity index (χ3v) is 8.69. The van der Waals surface area contributed by atoms with Gasteiger partial charge in [0.1, 0.15) is 0 Å². The Kier molecular flexibility index (Phi) is 6.50. The van der Waals surface area contributed by atoms with E-state index in [1.54, 1.807) is 46.9 Å². The molecule has 0 bridgehead atoms. The molecule has 0 N–H and O–H groups in total. The molecule has 1 aliphatic carbocycles. The van der Waals surface area contributed by atoms with Gasteiger partial charge in [-0.3, -0.25) is 9.59 Å². The van der Waals surface area contributed by atoms with E-state index in [1.807, 2.05) is 29.0 Å². The van der Waals surface area contributed by atoms with Crippen molar-refractivity contribution < 1.29 is 14.3 Å². The molecule has 2 aliphatic rings. The number of hydrazone groups is 1.